The number of fused-ring (bicyclic) bond motifs is 1. The zero-order valence-corrected chi connectivity index (χ0v) is 25.1. The first-order chi connectivity index (χ1) is 21.5. The van der Waals surface area contributed by atoms with Crippen LogP contribution in [0.15, 0.2) is 79.0 Å². The van der Waals surface area contributed by atoms with Crippen molar-refractivity contribution in [2.75, 3.05) is 35.5 Å². The van der Waals surface area contributed by atoms with Crippen LogP contribution in [0.2, 0.25) is 0 Å². The van der Waals surface area contributed by atoms with Crippen LogP contribution in [0.5, 0.6) is 34.6 Å². The number of benzene rings is 3. The number of hydrogen-bond acceptors (Lipinski definition) is 10. The zero-order chi connectivity index (χ0) is 31.1. The van der Waals surface area contributed by atoms with Gasteiger partial charge in [0.2, 0.25) is 11.6 Å². The van der Waals surface area contributed by atoms with Crippen LogP contribution in [-0.2, 0) is 18.0 Å². The van der Waals surface area contributed by atoms with Crippen molar-refractivity contribution in [2.24, 2.45) is 0 Å². The average molecular weight is 597 g/mol. The lowest BCUT2D eigenvalue weighted by atomic mass is 9.96. The van der Waals surface area contributed by atoms with Gasteiger partial charge in [-0.3, -0.25) is 4.98 Å². The summed E-state index contributed by atoms with van der Waals surface area (Å²) >= 11 is 0. The minimum absolute atomic E-state index is 0.0528. The van der Waals surface area contributed by atoms with Gasteiger partial charge in [-0.15, -0.1) is 0 Å². The minimum Gasteiger partial charge on any atom is -0.497 e. The number of ether oxygens (including phenoxy) is 7. The third kappa shape index (κ3) is 6.29. The third-order valence-electron chi connectivity index (χ3n) is 6.90. The van der Waals surface area contributed by atoms with Crippen LogP contribution >= 0.6 is 0 Å². The summed E-state index contributed by atoms with van der Waals surface area (Å²) in [6.45, 7) is 0.433. The first-order valence-corrected chi connectivity index (χ1v) is 13.6. The number of esters is 1. The van der Waals surface area contributed by atoms with Crippen LogP contribution in [0.1, 0.15) is 21.7 Å². The van der Waals surface area contributed by atoms with Crippen molar-refractivity contribution in [3.8, 4) is 45.8 Å². The fraction of sp³-hybridized carbons (Fsp3) is 0.206. The molecule has 10 nitrogen and oxygen atoms in total. The lowest BCUT2D eigenvalue weighted by Crippen LogP contribution is -2.10. The molecule has 0 unspecified atom stereocenters. The smallest absolute Gasteiger partial charge is 0.357 e. The Morgan fingerprint density at radius 1 is 0.705 bits per heavy atom. The molecular weight excluding hydrogens is 564 g/mol. The summed E-state index contributed by atoms with van der Waals surface area (Å²) < 4.78 is 39.6. The summed E-state index contributed by atoms with van der Waals surface area (Å²) in [6.07, 6.45) is 1.71. The largest absolute Gasteiger partial charge is 0.497 e. The highest BCUT2D eigenvalue weighted by Gasteiger charge is 2.25. The van der Waals surface area contributed by atoms with Gasteiger partial charge in [-0.25, -0.2) is 9.78 Å². The molecule has 3 aromatic carbocycles. The SMILES string of the molecule is COC(=O)c1nc(OCc2cccc(OC)c2)c2cc(OCc3ccccn3)ccc2c1-c1cc(OC)c(OC)c(OC)c1. The second-order valence-electron chi connectivity index (χ2n) is 9.50. The highest BCUT2D eigenvalue weighted by Crippen LogP contribution is 2.45. The van der Waals surface area contributed by atoms with Crippen LogP contribution in [0.25, 0.3) is 21.9 Å². The first-order valence-electron chi connectivity index (χ1n) is 13.6. The van der Waals surface area contributed by atoms with Crippen molar-refractivity contribution in [2.45, 2.75) is 13.2 Å². The summed E-state index contributed by atoms with van der Waals surface area (Å²) in [5, 5.41) is 1.28. The fourth-order valence-electron chi connectivity index (χ4n) is 4.78. The van der Waals surface area contributed by atoms with Crippen molar-refractivity contribution in [1.29, 1.82) is 0 Å². The monoisotopic (exact) mass is 596 g/mol. The van der Waals surface area contributed by atoms with E-state index in [2.05, 4.69) is 4.98 Å². The lowest BCUT2D eigenvalue weighted by molar-refractivity contribution is 0.0594. The molecule has 0 atom stereocenters. The van der Waals surface area contributed by atoms with Gasteiger partial charge in [0.15, 0.2) is 17.2 Å². The van der Waals surface area contributed by atoms with Crippen molar-refractivity contribution >= 4 is 16.7 Å². The predicted molar refractivity (Wildman–Crippen MR) is 164 cm³/mol. The Morgan fingerprint density at radius 2 is 1.50 bits per heavy atom. The van der Waals surface area contributed by atoms with Crippen LogP contribution in [-0.4, -0.2) is 51.5 Å². The molecule has 5 aromatic rings. The van der Waals surface area contributed by atoms with Crippen molar-refractivity contribution in [3.05, 3.63) is 95.9 Å². The highest BCUT2D eigenvalue weighted by molar-refractivity contribution is 6.08. The molecule has 2 heterocycles. The summed E-state index contributed by atoms with van der Waals surface area (Å²) in [6, 6.07) is 22.2. The Labute approximate surface area is 255 Å². The van der Waals surface area contributed by atoms with E-state index in [-0.39, 0.29) is 24.8 Å². The summed E-state index contributed by atoms with van der Waals surface area (Å²) in [5.74, 6) is 2.10. The Kier molecular flexibility index (Phi) is 9.29. The van der Waals surface area contributed by atoms with Crippen molar-refractivity contribution < 1.29 is 38.0 Å². The van der Waals surface area contributed by atoms with Gasteiger partial charge in [0.25, 0.3) is 0 Å². The Hall–Kier alpha value is -5.51. The van der Waals surface area contributed by atoms with E-state index in [4.69, 9.17) is 38.1 Å². The van der Waals surface area contributed by atoms with E-state index in [1.165, 1.54) is 28.4 Å². The first kappa shape index (κ1) is 30.0. The third-order valence-corrected chi connectivity index (χ3v) is 6.90. The van der Waals surface area contributed by atoms with Gasteiger partial charge in [-0.1, -0.05) is 18.2 Å². The van der Waals surface area contributed by atoms with Gasteiger partial charge in [0.1, 0.15) is 24.7 Å². The molecule has 5 rings (SSSR count). The molecule has 226 valence electrons. The molecule has 0 N–H and O–H groups in total. The van der Waals surface area contributed by atoms with Crippen LogP contribution in [0.3, 0.4) is 0 Å². The van der Waals surface area contributed by atoms with Crippen LogP contribution in [0, 0.1) is 0 Å². The lowest BCUT2D eigenvalue weighted by Gasteiger charge is -2.19. The number of hydrogen-bond donors (Lipinski definition) is 0. The molecule has 0 radical (unpaired) electrons. The molecule has 2 aromatic heterocycles. The van der Waals surface area contributed by atoms with Crippen molar-refractivity contribution in [1.82, 2.24) is 9.97 Å². The number of carbonyl (C=O) groups excluding carboxylic acids is 1. The number of methoxy groups -OCH3 is 5. The summed E-state index contributed by atoms with van der Waals surface area (Å²) in [5.41, 5.74) is 2.78. The maximum Gasteiger partial charge on any atom is 0.357 e. The van der Waals surface area contributed by atoms with E-state index in [1.807, 2.05) is 60.7 Å². The summed E-state index contributed by atoms with van der Waals surface area (Å²) in [7, 11) is 7.49. The van der Waals surface area contributed by atoms with Gasteiger partial charge < -0.3 is 33.2 Å². The average Bonchev–Trinajstić information content (AvgIpc) is 3.08. The molecule has 0 aliphatic carbocycles. The van der Waals surface area contributed by atoms with E-state index < -0.39 is 5.97 Å². The van der Waals surface area contributed by atoms with Gasteiger partial charge in [-0.2, -0.15) is 0 Å². The Morgan fingerprint density at radius 3 is 2.16 bits per heavy atom. The van der Waals surface area contributed by atoms with Crippen LogP contribution in [0.4, 0.5) is 0 Å². The molecule has 0 spiro atoms. The number of carbonyl (C=O) groups is 1. The van der Waals surface area contributed by atoms with E-state index in [0.717, 1.165) is 11.3 Å². The normalized spacial score (nSPS) is 10.7. The molecule has 0 fully saturated rings. The summed E-state index contributed by atoms with van der Waals surface area (Å²) in [4.78, 5) is 22.3. The quantitative estimate of drug-likeness (QED) is 0.153. The molecule has 44 heavy (non-hydrogen) atoms. The van der Waals surface area contributed by atoms with Gasteiger partial charge in [0, 0.05) is 17.1 Å². The number of rotatable bonds is 12. The second-order valence-corrected chi connectivity index (χ2v) is 9.50. The topological polar surface area (TPSA) is 107 Å². The number of aromatic nitrogens is 2. The molecule has 0 bridgehead atoms. The van der Waals surface area contributed by atoms with E-state index >= 15 is 0 Å². The molecule has 0 saturated carbocycles. The predicted octanol–water partition coefficient (Wildman–Crippen LogP) is 6.28. The molecule has 0 amide bonds. The molecule has 10 heteroatoms. The Balaban J connectivity index is 1.69. The highest BCUT2D eigenvalue weighted by atomic mass is 16.5. The van der Waals surface area contributed by atoms with Crippen LogP contribution < -0.4 is 28.4 Å². The standard InChI is InChI=1S/C34H32N2O8/c1-38-24-11-8-9-21(15-24)19-44-33-27-18-25(43-20-23-10-6-7-14-35-23)12-13-26(27)30(31(36-33)34(37)42-5)22-16-28(39-2)32(41-4)29(17-22)40-3/h6-18H,19-20H2,1-5H3. The number of pyridine rings is 2. The molecule has 0 aliphatic heterocycles. The number of nitrogens with zero attached hydrogens (tertiary/aromatic N) is 2. The molecule has 0 aliphatic rings. The van der Waals surface area contributed by atoms with E-state index in [0.29, 0.717) is 50.6 Å². The molecular formula is C34H32N2O8. The second kappa shape index (κ2) is 13.6. The zero-order valence-electron chi connectivity index (χ0n) is 25.1. The van der Waals surface area contributed by atoms with Gasteiger partial charge >= 0.3 is 5.97 Å². The molecule has 0 saturated heterocycles. The van der Waals surface area contributed by atoms with Crippen molar-refractivity contribution in [3.63, 3.8) is 0 Å². The maximum atomic E-state index is 13.2. The Bertz CT molecular complexity index is 1750. The van der Waals surface area contributed by atoms with E-state index in [1.54, 1.807) is 25.4 Å². The maximum absolute atomic E-state index is 13.2. The fourth-order valence-corrected chi connectivity index (χ4v) is 4.78. The minimum atomic E-state index is -0.641. The van der Waals surface area contributed by atoms with Gasteiger partial charge in [0.05, 0.1) is 41.2 Å². The van der Waals surface area contributed by atoms with Gasteiger partial charge in [-0.05, 0) is 71.1 Å². The van der Waals surface area contributed by atoms with E-state index in [9.17, 15) is 4.79 Å².